The van der Waals surface area contributed by atoms with Crippen LogP contribution in [0.1, 0.15) is 11.3 Å². The van der Waals surface area contributed by atoms with Crippen LogP contribution in [0.25, 0.3) is 12.2 Å². The molecule has 2 aromatic carbocycles. The Morgan fingerprint density at radius 2 is 1.55 bits per heavy atom. The van der Waals surface area contributed by atoms with Crippen LogP contribution in [0.5, 0.6) is 11.5 Å². The molecule has 4 heteroatoms. The van der Waals surface area contributed by atoms with Crippen molar-refractivity contribution in [1.82, 2.24) is 10.2 Å². The topological polar surface area (TPSA) is 55.0 Å². The molecule has 3 aromatic rings. The molecule has 1 aromatic heterocycles. The van der Waals surface area contributed by atoms with Gasteiger partial charge >= 0.3 is 0 Å². The molecule has 0 radical (unpaired) electrons. The molecular formula is C18H14N2O2. The Morgan fingerprint density at radius 3 is 2.23 bits per heavy atom. The van der Waals surface area contributed by atoms with Gasteiger partial charge in [0.25, 0.3) is 5.56 Å². The highest BCUT2D eigenvalue weighted by molar-refractivity contribution is 5.67. The lowest BCUT2D eigenvalue weighted by atomic mass is 10.2. The van der Waals surface area contributed by atoms with Crippen LogP contribution in [-0.4, -0.2) is 10.2 Å². The van der Waals surface area contributed by atoms with E-state index in [0.717, 1.165) is 17.1 Å². The number of para-hydroxylation sites is 1. The summed E-state index contributed by atoms with van der Waals surface area (Å²) in [6.07, 6.45) is 3.76. The van der Waals surface area contributed by atoms with Crippen LogP contribution in [0.4, 0.5) is 0 Å². The van der Waals surface area contributed by atoms with Crippen molar-refractivity contribution >= 4 is 12.2 Å². The normalized spacial score (nSPS) is 10.7. The first-order chi connectivity index (χ1) is 10.8. The Morgan fingerprint density at radius 1 is 0.818 bits per heavy atom. The number of H-pyrrole nitrogens is 1. The average molecular weight is 290 g/mol. The largest absolute Gasteiger partial charge is 0.457 e. The number of ether oxygens (including phenoxy) is 1. The second kappa shape index (κ2) is 6.54. The number of nitrogens with one attached hydrogen (secondary N) is 1. The number of nitrogens with zero attached hydrogens (tertiary/aromatic N) is 1. The number of hydrogen-bond donors (Lipinski definition) is 1. The molecular weight excluding hydrogens is 276 g/mol. The van der Waals surface area contributed by atoms with Gasteiger partial charge < -0.3 is 4.74 Å². The molecule has 1 heterocycles. The van der Waals surface area contributed by atoms with E-state index < -0.39 is 0 Å². The van der Waals surface area contributed by atoms with E-state index in [1.807, 2.05) is 66.7 Å². The minimum Gasteiger partial charge on any atom is -0.457 e. The zero-order chi connectivity index (χ0) is 15.2. The highest BCUT2D eigenvalue weighted by atomic mass is 16.5. The van der Waals surface area contributed by atoms with Crippen molar-refractivity contribution in [3.05, 3.63) is 88.3 Å². The first-order valence-corrected chi connectivity index (χ1v) is 6.86. The molecule has 0 fully saturated rings. The van der Waals surface area contributed by atoms with Gasteiger partial charge in [0.05, 0.1) is 5.69 Å². The molecule has 0 amide bonds. The highest BCUT2D eigenvalue weighted by Crippen LogP contribution is 2.21. The van der Waals surface area contributed by atoms with E-state index >= 15 is 0 Å². The molecule has 0 saturated heterocycles. The van der Waals surface area contributed by atoms with E-state index in [4.69, 9.17) is 4.74 Å². The maximum atomic E-state index is 10.9. The predicted molar refractivity (Wildman–Crippen MR) is 86.7 cm³/mol. The molecule has 0 bridgehead atoms. The maximum Gasteiger partial charge on any atom is 0.264 e. The van der Waals surface area contributed by atoms with Gasteiger partial charge in [0, 0.05) is 6.07 Å². The third-order valence-corrected chi connectivity index (χ3v) is 3.01. The molecule has 22 heavy (non-hydrogen) atoms. The molecule has 0 atom stereocenters. The van der Waals surface area contributed by atoms with Crippen LogP contribution in [0.3, 0.4) is 0 Å². The van der Waals surface area contributed by atoms with Crippen molar-refractivity contribution < 1.29 is 4.74 Å². The Hall–Kier alpha value is -3.14. The van der Waals surface area contributed by atoms with Gasteiger partial charge in [0.1, 0.15) is 11.5 Å². The van der Waals surface area contributed by atoms with E-state index in [-0.39, 0.29) is 5.56 Å². The highest BCUT2D eigenvalue weighted by Gasteiger charge is 1.96. The third-order valence-electron chi connectivity index (χ3n) is 3.01. The third kappa shape index (κ3) is 3.70. The van der Waals surface area contributed by atoms with Gasteiger partial charge in [-0.15, -0.1) is 0 Å². The van der Waals surface area contributed by atoms with E-state index in [9.17, 15) is 4.79 Å². The fourth-order valence-electron chi connectivity index (χ4n) is 1.90. The number of hydrogen-bond acceptors (Lipinski definition) is 3. The zero-order valence-corrected chi connectivity index (χ0v) is 11.8. The summed E-state index contributed by atoms with van der Waals surface area (Å²) in [5.41, 5.74) is 1.51. The molecule has 0 saturated carbocycles. The summed E-state index contributed by atoms with van der Waals surface area (Å²) in [5, 5.41) is 6.31. The van der Waals surface area contributed by atoms with Crippen LogP contribution in [0, 0.1) is 0 Å². The zero-order valence-electron chi connectivity index (χ0n) is 11.8. The minimum absolute atomic E-state index is 0.209. The van der Waals surface area contributed by atoms with E-state index in [1.54, 1.807) is 6.07 Å². The van der Waals surface area contributed by atoms with Crippen molar-refractivity contribution in [3.8, 4) is 11.5 Å². The van der Waals surface area contributed by atoms with Gasteiger partial charge in [-0.1, -0.05) is 36.4 Å². The molecule has 1 N–H and O–H groups in total. The quantitative estimate of drug-likeness (QED) is 0.796. The van der Waals surface area contributed by atoms with Crippen LogP contribution < -0.4 is 10.3 Å². The molecule has 3 rings (SSSR count). The summed E-state index contributed by atoms with van der Waals surface area (Å²) in [7, 11) is 0. The van der Waals surface area contributed by atoms with Crippen molar-refractivity contribution in [2.24, 2.45) is 0 Å². The van der Waals surface area contributed by atoms with Crippen LogP contribution >= 0.6 is 0 Å². The fraction of sp³-hybridized carbons (Fsp3) is 0. The predicted octanol–water partition coefficient (Wildman–Crippen LogP) is 3.73. The van der Waals surface area contributed by atoms with Crippen LogP contribution in [-0.2, 0) is 0 Å². The molecule has 0 unspecified atom stereocenters. The monoisotopic (exact) mass is 290 g/mol. The number of rotatable bonds is 4. The van der Waals surface area contributed by atoms with Crippen LogP contribution in [0.2, 0.25) is 0 Å². The van der Waals surface area contributed by atoms with Gasteiger partial charge in [-0.25, -0.2) is 5.10 Å². The van der Waals surface area contributed by atoms with Gasteiger partial charge in [-0.2, -0.15) is 5.10 Å². The van der Waals surface area contributed by atoms with Gasteiger partial charge in [-0.3, -0.25) is 4.79 Å². The van der Waals surface area contributed by atoms with Crippen LogP contribution in [0.15, 0.2) is 71.5 Å². The lowest BCUT2D eigenvalue weighted by Gasteiger charge is -2.05. The average Bonchev–Trinajstić information content (AvgIpc) is 2.57. The van der Waals surface area contributed by atoms with Gasteiger partial charge in [-0.05, 0) is 42.0 Å². The molecule has 108 valence electrons. The van der Waals surface area contributed by atoms with Crippen molar-refractivity contribution in [2.75, 3.05) is 0 Å². The number of aromatic nitrogens is 2. The molecule has 0 aliphatic rings. The number of aromatic amines is 1. The Kier molecular flexibility index (Phi) is 4.11. The molecule has 4 nitrogen and oxygen atoms in total. The SMILES string of the molecule is O=c1ccc(/C=C/c2ccc(Oc3ccccc3)cc2)n[nH]1. The van der Waals surface area contributed by atoms with Gasteiger partial charge in [0.2, 0.25) is 0 Å². The first kappa shape index (κ1) is 13.8. The van der Waals surface area contributed by atoms with Crippen molar-refractivity contribution in [1.29, 1.82) is 0 Å². The summed E-state index contributed by atoms with van der Waals surface area (Å²) in [6.45, 7) is 0. The fourth-order valence-corrected chi connectivity index (χ4v) is 1.90. The second-order valence-corrected chi connectivity index (χ2v) is 4.66. The lowest BCUT2D eigenvalue weighted by Crippen LogP contribution is -2.05. The van der Waals surface area contributed by atoms with E-state index in [2.05, 4.69) is 10.2 Å². The van der Waals surface area contributed by atoms with E-state index in [1.165, 1.54) is 6.07 Å². The van der Waals surface area contributed by atoms with E-state index in [0.29, 0.717) is 5.69 Å². The minimum atomic E-state index is -0.209. The maximum absolute atomic E-state index is 10.9. The standard InChI is InChI=1S/C18H14N2O2/c21-18-13-10-15(19-20-18)9-6-14-7-11-17(12-8-14)22-16-4-2-1-3-5-16/h1-13H,(H,20,21)/b9-6+. The molecule has 0 spiro atoms. The Balaban J connectivity index is 1.69. The summed E-state index contributed by atoms with van der Waals surface area (Å²) < 4.78 is 5.73. The molecule has 0 aliphatic heterocycles. The van der Waals surface area contributed by atoms with Crippen molar-refractivity contribution in [2.45, 2.75) is 0 Å². The lowest BCUT2D eigenvalue weighted by molar-refractivity contribution is 0.482. The summed E-state index contributed by atoms with van der Waals surface area (Å²) in [5.74, 6) is 1.59. The molecule has 0 aliphatic carbocycles. The summed E-state index contributed by atoms with van der Waals surface area (Å²) in [4.78, 5) is 10.9. The van der Waals surface area contributed by atoms with Gasteiger partial charge in [0.15, 0.2) is 0 Å². The van der Waals surface area contributed by atoms with Crippen molar-refractivity contribution in [3.63, 3.8) is 0 Å². The number of benzene rings is 2. The Labute approximate surface area is 127 Å². The Bertz CT molecular complexity index is 801. The smallest absolute Gasteiger partial charge is 0.264 e. The summed E-state index contributed by atoms with van der Waals surface area (Å²) in [6, 6.07) is 20.5. The summed E-state index contributed by atoms with van der Waals surface area (Å²) >= 11 is 0. The second-order valence-electron chi connectivity index (χ2n) is 4.66. The first-order valence-electron chi connectivity index (χ1n) is 6.86.